The monoisotopic (exact) mass is 494 g/mol. The summed E-state index contributed by atoms with van der Waals surface area (Å²) in [5.74, 6) is -0.482. The van der Waals surface area contributed by atoms with Crippen molar-refractivity contribution in [3.63, 3.8) is 0 Å². The zero-order chi connectivity index (χ0) is 18.8. The lowest BCUT2D eigenvalue weighted by Gasteiger charge is -2.22. The highest BCUT2D eigenvalue weighted by Crippen LogP contribution is 2.17. The minimum absolute atomic E-state index is 0. The zero-order valence-electron chi connectivity index (χ0n) is 15.7. The van der Waals surface area contributed by atoms with E-state index < -0.39 is 11.6 Å². The van der Waals surface area contributed by atoms with Gasteiger partial charge in [0.05, 0.1) is 6.54 Å². The lowest BCUT2D eigenvalue weighted by atomic mass is 9.95. The van der Waals surface area contributed by atoms with E-state index in [2.05, 4.69) is 20.9 Å². The number of aliphatic imine (C=N–C) groups is 1. The molecule has 27 heavy (non-hydrogen) atoms. The predicted octanol–water partition coefficient (Wildman–Crippen LogP) is 3.48. The second-order valence-electron chi connectivity index (χ2n) is 6.51. The molecule has 0 radical (unpaired) electrons. The molecule has 1 saturated carbocycles. The maximum atomic E-state index is 13.7. The Kier molecular flexibility index (Phi) is 11.2. The lowest BCUT2D eigenvalue weighted by Crippen LogP contribution is -2.41. The number of guanidine groups is 1. The average molecular weight is 494 g/mol. The van der Waals surface area contributed by atoms with Gasteiger partial charge in [0.15, 0.2) is 5.96 Å². The first-order valence-electron chi connectivity index (χ1n) is 9.34. The van der Waals surface area contributed by atoms with Crippen LogP contribution in [0.15, 0.2) is 23.2 Å². The molecule has 0 atom stereocenters. The Morgan fingerprint density at radius 2 is 1.93 bits per heavy atom. The molecule has 152 valence electrons. The van der Waals surface area contributed by atoms with E-state index in [4.69, 9.17) is 0 Å². The van der Waals surface area contributed by atoms with Gasteiger partial charge in [0.1, 0.15) is 11.6 Å². The minimum atomic E-state index is -0.492. The van der Waals surface area contributed by atoms with Crippen LogP contribution in [0.2, 0.25) is 0 Å². The van der Waals surface area contributed by atoms with Crippen molar-refractivity contribution in [1.29, 1.82) is 0 Å². The summed E-state index contributed by atoms with van der Waals surface area (Å²) in [7, 11) is 0. The molecule has 8 heteroatoms. The quantitative estimate of drug-likeness (QED) is 0.309. The molecule has 1 fully saturated rings. The van der Waals surface area contributed by atoms with Crippen molar-refractivity contribution in [2.45, 2.75) is 58.0 Å². The van der Waals surface area contributed by atoms with Crippen LogP contribution < -0.4 is 16.0 Å². The smallest absolute Gasteiger partial charge is 0.221 e. The summed E-state index contributed by atoms with van der Waals surface area (Å²) in [5, 5.41) is 9.15. The minimum Gasteiger partial charge on any atom is -0.357 e. The molecule has 1 amide bonds. The number of nitrogens with zero attached hydrogens (tertiary/aromatic N) is 1. The van der Waals surface area contributed by atoms with Crippen molar-refractivity contribution >= 4 is 35.8 Å². The molecule has 0 spiro atoms. The Morgan fingerprint density at radius 3 is 2.63 bits per heavy atom. The predicted molar refractivity (Wildman–Crippen MR) is 114 cm³/mol. The Bertz CT molecular complexity index is 622. The number of rotatable bonds is 7. The Balaban J connectivity index is 0.00000364. The van der Waals surface area contributed by atoms with E-state index in [-0.39, 0.29) is 42.0 Å². The lowest BCUT2D eigenvalue weighted by molar-refractivity contribution is -0.121. The van der Waals surface area contributed by atoms with Crippen molar-refractivity contribution in [1.82, 2.24) is 16.0 Å². The molecule has 0 saturated heterocycles. The first-order valence-corrected chi connectivity index (χ1v) is 9.34. The van der Waals surface area contributed by atoms with Crippen molar-refractivity contribution in [3.8, 4) is 0 Å². The first-order chi connectivity index (χ1) is 12.6. The van der Waals surface area contributed by atoms with Crippen LogP contribution in [0.4, 0.5) is 8.78 Å². The maximum absolute atomic E-state index is 13.7. The van der Waals surface area contributed by atoms with Gasteiger partial charge in [0, 0.05) is 31.1 Å². The molecule has 0 heterocycles. The molecule has 1 aromatic carbocycles. The molecule has 3 N–H and O–H groups in total. The molecular weight excluding hydrogens is 465 g/mol. The standard InChI is InChI=1S/C19H28F2N4O.HI/c1-2-22-19(24-13-14-12-15(20)8-9-17(14)21)23-11-10-18(26)25-16-6-4-3-5-7-16;/h8-9,12,16H,2-7,10-11,13H2,1H3,(H,25,26)(H2,22,23,24);1H. The van der Waals surface area contributed by atoms with Gasteiger partial charge in [-0.2, -0.15) is 0 Å². The number of halogens is 3. The van der Waals surface area contributed by atoms with Crippen molar-refractivity contribution in [3.05, 3.63) is 35.4 Å². The highest BCUT2D eigenvalue weighted by atomic mass is 127. The summed E-state index contributed by atoms with van der Waals surface area (Å²) >= 11 is 0. The fraction of sp³-hybridized carbons (Fsp3) is 0.579. The number of amides is 1. The Morgan fingerprint density at radius 1 is 1.19 bits per heavy atom. The second-order valence-corrected chi connectivity index (χ2v) is 6.51. The maximum Gasteiger partial charge on any atom is 0.221 e. The summed E-state index contributed by atoms with van der Waals surface area (Å²) in [6.45, 7) is 2.99. The number of hydrogen-bond acceptors (Lipinski definition) is 2. The van der Waals surface area contributed by atoms with Crippen molar-refractivity contribution < 1.29 is 13.6 Å². The molecule has 1 aliphatic rings. The summed E-state index contributed by atoms with van der Waals surface area (Å²) in [5.41, 5.74) is 0.192. The average Bonchev–Trinajstić information content (AvgIpc) is 2.63. The van der Waals surface area contributed by atoms with Gasteiger partial charge in [-0.15, -0.1) is 24.0 Å². The van der Waals surface area contributed by atoms with Gasteiger partial charge in [-0.1, -0.05) is 19.3 Å². The van der Waals surface area contributed by atoms with Crippen LogP contribution in [0.25, 0.3) is 0 Å². The highest BCUT2D eigenvalue weighted by molar-refractivity contribution is 14.0. The van der Waals surface area contributed by atoms with Crippen LogP contribution in [-0.2, 0) is 11.3 Å². The Hall–Kier alpha value is -1.45. The second kappa shape index (κ2) is 12.9. The molecule has 0 bridgehead atoms. The number of carbonyl (C=O) groups is 1. The third-order valence-corrected chi connectivity index (χ3v) is 4.37. The van der Waals surface area contributed by atoms with Crippen LogP contribution in [0.5, 0.6) is 0 Å². The molecule has 0 aliphatic heterocycles. The summed E-state index contributed by atoms with van der Waals surface area (Å²) in [6.07, 6.45) is 6.07. The van der Waals surface area contributed by atoms with Crippen LogP contribution in [-0.4, -0.2) is 31.0 Å². The van der Waals surface area contributed by atoms with Gasteiger partial charge in [-0.25, -0.2) is 13.8 Å². The number of benzene rings is 1. The van der Waals surface area contributed by atoms with Crippen LogP contribution in [0, 0.1) is 11.6 Å². The first kappa shape index (κ1) is 23.6. The molecule has 5 nitrogen and oxygen atoms in total. The zero-order valence-corrected chi connectivity index (χ0v) is 18.0. The Labute approximate surface area is 176 Å². The highest BCUT2D eigenvalue weighted by Gasteiger charge is 2.15. The molecule has 0 aromatic heterocycles. The summed E-state index contributed by atoms with van der Waals surface area (Å²) in [4.78, 5) is 16.3. The topological polar surface area (TPSA) is 65.5 Å². The molecule has 1 aliphatic carbocycles. The molecule has 2 rings (SSSR count). The van der Waals surface area contributed by atoms with Gasteiger partial charge < -0.3 is 16.0 Å². The largest absolute Gasteiger partial charge is 0.357 e. The van der Waals surface area contributed by atoms with E-state index in [0.29, 0.717) is 31.5 Å². The number of hydrogen-bond donors (Lipinski definition) is 3. The molecule has 0 unspecified atom stereocenters. The van der Waals surface area contributed by atoms with E-state index in [9.17, 15) is 13.6 Å². The third-order valence-electron chi connectivity index (χ3n) is 4.37. The van der Waals surface area contributed by atoms with Gasteiger partial charge in [-0.3, -0.25) is 4.79 Å². The van der Waals surface area contributed by atoms with Crippen LogP contribution in [0.3, 0.4) is 0 Å². The molecular formula is C19H29F2IN4O. The SMILES string of the molecule is CCNC(=NCc1cc(F)ccc1F)NCCC(=O)NC1CCCCC1.I. The van der Waals surface area contributed by atoms with Crippen LogP contribution >= 0.6 is 24.0 Å². The van der Waals surface area contributed by atoms with E-state index in [1.165, 1.54) is 19.3 Å². The molecule has 1 aromatic rings. The third kappa shape index (κ3) is 8.85. The van der Waals surface area contributed by atoms with Crippen LogP contribution in [0.1, 0.15) is 51.0 Å². The van der Waals surface area contributed by atoms with Gasteiger partial charge >= 0.3 is 0 Å². The van der Waals surface area contributed by atoms with Crippen molar-refractivity contribution in [2.75, 3.05) is 13.1 Å². The summed E-state index contributed by atoms with van der Waals surface area (Å²) < 4.78 is 26.9. The van der Waals surface area contributed by atoms with E-state index in [0.717, 1.165) is 31.0 Å². The number of nitrogens with one attached hydrogen (secondary N) is 3. The van der Waals surface area contributed by atoms with Gasteiger partial charge in [-0.05, 0) is 38.0 Å². The van der Waals surface area contributed by atoms with Gasteiger partial charge in [0.25, 0.3) is 0 Å². The summed E-state index contributed by atoms with van der Waals surface area (Å²) in [6, 6.07) is 3.61. The van der Waals surface area contributed by atoms with E-state index in [1.807, 2.05) is 6.92 Å². The van der Waals surface area contributed by atoms with E-state index >= 15 is 0 Å². The van der Waals surface area contributed by atoms with Crippen molar-refractivity contribution in [2.24, 2.45) is 4.99 Å². The van der Waals surface area contributed by atoms with Gasteiger partial charge in [0.2, 0.25) is 5.91 Å². The fourth-order valence-corrected chi connectivity index (χ4v) is 3.01. The van der Waals surface area contributed by atoms with E-state index in [1.54, 1.807) is 0 Å². The fourth-order valence-electron chi connectivity index (χ4n) is 3.01. The number of carbonyl (C=O) groups excluding carboxylic acids is 1. The normalized spacial score (nSPS) is 15.0.